The molecule has 1 aliphatic carbocycles. The summed E-state index contributed by atoms with van der Waals surface area (Å²) in [5.74, 6) is -2.15. The number of aliphatic carboxylic acids is 1. The molecule has 5 nitrogen and oxygen atoms in total. The molecule has 0 amide bonds. The number of nitrogens with one attached hydrogen (secondary N) is 1. The van der Waals surface area contributed by atoms with Gasteiger partial charge in [0, 0.05) is 11.3 Å². The van der Waals surface area contributed by atoms with Crippen LogP contribution >= 0.6 is 11.8 Å². The van der Waals surface area contributed by atoms with E-state index in [1.165, 1.54) is 0 Å². The Morgan fingerprint density at radius 2 is 1.94 bits per heavy atom. The Morgan fingerprint density at radius 1 is 1.38 bits per heavy atom. The second-order valence-corrected chi connectivity index (χ2v) is 6.87. The maximum atomic E-state index is 11.4. The fourth-order valence-corrected chi connectivity index (χ4v) is 3.77. The molecule has 0 aromatic carbocycles. The van der Waals surface area contributed by atoms with E-state index in [2.05, 4.69) is 11.0 Å². The smallest absolute Gasteiger partial charge is 0.320 e. The van der Waals surface area contributed by atoms with Crippen LogP contribution < -0.4 is 4.72 Å². The number of rotatable bonds is 5. The third-order valence-electron chi connectivity index (χ3n) is 2.67. The van der Waals surface area contributed by atoms with E-state index in [9.17, 15) is 13.2 Å². The molecule has 2 N–H and O–H groups in total. The number of carboxylic acids is 1. The lowest BCUT2D eigenvalue weighted by atomic mass is 9.96. The van der Waals surface area contributed by atoms with E-state index in [1.54, 1.807) is 11.8 Å². The zero-order valence-corrected chi connectivity index (χ0v) is 10.8. The summed E-state index contributed by atoms with van der Waals surface area (Å²) in [6, 6.07) is -0.0900. The first kappa shape index (κ1) is 13.8. The van der Waals surface area contributed by atoms with Crippen molar-refractivity contribution in [1.82, 2.24) is 4.72 Å². The zero-order valence-electron chi connectivity index (χ0n) is 9.18. The number of hydrogen-bond acceptors (Lipinski definition) is 4. The van der Waals surface area contributed by atoms with E-state index >= 15 is 0 Å². The van der Waals surface area contributed by atoms with Gasteiger partial charge in [0.1, 0.15) is 0 Å². The zero-order chi connectivity index (χ0) is 12.2. The third-order valence-corrected chi connectivity index (χ3v) is 5.12. The van der Waals surface area contributed by atoms with Crippen LogP contribution in [0.3, 0.4) is 0 Å². The molecule has 0 spiro atoms. The summed E-state index contributed by atoms with van der Waals surface area (Å²) in [4.78, 5) is 10.3. The first-order chi connectivity index (χ1) is 7.43. The second kappa shape index (κ2) is 5.88. The second-order valence-electron chi connectivity index (χ2n) is 3.98. The lowest BCUT2D eigenvalue weighted by Gasteiger charge is -2.27. The molecule has 0 bridgehead atoms. The highest BCUT2D eigenvalue weighted by atomic mass is 32.2. The molecule has 0 radical (unpaired) electrons. The maximum absolute atomic E-state index is 11.4. The van der Waals surface area contributed by atoms with Gasteiger partial charge < -0.3 is 5.11 Å². The van der Waals surface area contributed by atoms with E-state index in [0.717, 1.165) is 25.7 Å². The highest BCUT2D eigenvalue weighted by Crippen LogP contribution is 2.27. The molecule has 94 valence electrons. The minimum atomic E-state index is -3.66. The van der Waals surface area contributed by atoms with Crippen molar-refractivity contribution in [3.63, 3.8) is 0 Å². The van der Waals surface area contributed by atoms with Crippen molar-refractivity contribution in [2.45, 2.75) is 37.0 Å². The maximum Gasteiger partial charge on any atom is 0.320 e. The molecule has 0 atom stereocenters. The Balaban J connectivity index is 2.41. The molecule has 16 heavy (non-hydrogen) atoms. The molecule has 0 saturated heterocycles. The largest absolute Gasteiger partial charge is 0.480 e. The first-order valence-corrected chi connectivity index (χ1v) is 8.11. The van der Waals surface area contributed by atoms with Crippen molar-refractivity contribution >= 4 is 27.8 Å². The Morgan fingerprint density at radius 3 is 2.38 bits per heavy atom. The monoisotopic (exact) mass is 267 g/mol. The summed E-state index contributed by atoms with van der Waals surface area (Å²) in [5, 5.41) is 9.05. The SMILES string of the molecule is CSC1CCC(NS(=O)(=O)CC(=O)O)CC1. The van der Waals surface area contributed by atoms with Crippen molar-refractivity contribution < 1.29 is 18.3 Å². The van der Waals surface area contributed by atoms with Crippen molar-refractivity contribution in [2.75, 3.05) is 12.0 Å². The fraction of sp³-hybridized carbons (Fsp3) is 0.889. The lowest BCUT2D eigenvalue weighted by molar-refractivity contribution is -0.134. The summed E-state index contributed by atoms with van der Waals surface area (Å²) in [6.45, 7) is 0. The minimum absolute atomic E-state index is 0.0900. The van der Waals surface area contributed by atoms with E-state index in [1.807, 2.05) is 0 Å². The molecule has 1 fully saturated rings. The van der Waals surface area contributed by atoms with Crippen LogP contribution in [-0.4, -0.2) is 42.8 Å². The van der Waals surface area contributed by atoms with Gasteiger partial charge in [0.05, 0.1) is 0 Å². The molecule has 0 heterocycles. The normalized spacial score (nSPS) is 26.6. The average molecular weight is 267 g/mol. The Hall–Kier alpha value is -0.270. The van der Waals surface area contributed by atoms with Crippen molar-refractivity contribution in [3.8, 4) is 0 Å². The molecular formula is C9H17NO4S2. The molecule has 0 aromatic rings. The highest BCUT2D eigenvalue weighted by Gasteiger charge is 2.25. The molecule has 0 unspecified atom stereocenters. The van der Waals surface area contributed by atoms with Crippen LogP contribution in [0.2, 0.25) is 0 Å². The summed E-state index contributed by atoms with van der Waals surface area (Å²) >= 11 is 1.81. The van der Waals surface area contributed by atoms with Gasteiger partial charge >= 0.3 is 5.97 Å². The van der Waals surface area contributed by atoms with Crippen molar-refractivity contribution in [2.24, 2.45) is 0 Å². The number of sulfonamides is 1. The van der Waals surface area contributed by atoms with Gasteiger partial charge in [-0.15, -0.1) is 0 Å². The number of carbonyl (C=O) groups is 1. The highest BCUT2D eigenvalue weighted by molar-refractivity contribution is 7.99. The Kier molecular flexibility index (Phi) is 5.07. The van der Waals surface area contributed by atoms with Crippen LogP contribution in [0.5, 0.6) is 0 Å². The standard InChI is InChI=1S/C9H17NO4S2/c1-15-8-4-2-7(3-5-8)10-16(13,14)6-9(11)12/h7-8,10H,2-6H2,1H3,(H,11,12). The molecular weight excluding hydrogens is 250 g/mol. The van der Waals surface area contributed by atoms with Gasteiger partial charge in [-0.05, 0) is 31.9 Å². The lowest BCUT2D eigenvalue weighted by Crippen LogP contribution is -2.40. The molecule has 0 aromatic heterocycles. The molecule has 1 rings (SSSR count). The van der Waals surface area contributed by atoms with E-state index < -0.39 is 21.7 Å². The van der Waals surface area contributed by atoms with Crippen molar-refractivity contribution in [1.29, 1.82) is 0 Å². The molecule has 1 aliphatic rings. The van der Waals surface area contributed by atoms with Gasteiger partial charge in [0.25, 0.3) is 0 Å². The number of thioether (sulfide) groups is 1. The van der Waals surface area contributed by atoms with Gasteiger partial charge in [0.2, 0.25) is 10.0 Å². The van der Waals surface area contributed by atoms with Crippen LogP contribution in [0.1, 0.15) is 25.7 Å². The van der Waals surface area contributed by atoms with Crippen LogP contribution in [0.4, 0.5) is 0 Å². The molecule has 7 heteroatoms. The van der Waals surface area contributed by atoms with Crippen LogP contribution in [0.15, 0.2) is 0 Å². The van der Waals surface area contributed by atoms with Gasteiger partial charge in [-0.25, -0.2) is 13.1 Å². The van der Waals surface area contributed by atoms with Crippen LogP contribution in [0.25, 0.3) is 0 Å². The molecule has 1 saturated carbocycles. The Bertz CT molecular complexity index is 333. The van der Waals surface area contributed by atoms with Gasteiger partial charge in [-0.1, -0.05) is 0 Å². The summed E-state index contributed by atoms with van der Waals surface area (Å²) in [6.07, 6.45) is 5.62. The fourth-order valence-electron chi connectivity index (χ4n) is 1.87. The van der Waals surface area contributed by atoms with Crippen molar-refractivity contribution in [3.05, 3.63) is 0 Å². The van der Waals surface area contributed by atoms with Crippen LogP contribution in [0, 0.1) is 0 Å². The van der Waals surface area contributed by atoms with E-state index in [4.69, 9.17) is 5.11 Å². The summed E-state index contributed by atoms with van der Waals surface area (Å²) in [5.41, 5.74) is 0. The van der Waals surface area contributed by atoms with Crippen LogP contribution in [-0.2, 0) is 14.8 Å². The average Bonchev–Trinajstić information content (AvgIpc) is 2.16. The first-order valence-electron chi connectivity index (χ1n) is 5.17. The Labute approximate surface area is 100 Å². The van der Waals surface area contributed by atoms with Gasteiger partial charge in [-0.2, -0.15) is 11.8 Å². The number of carboxylic acid groups (broad SMARTS) is 1. The van der Waals surface area contributed by atoms with E-state index in [-0.39, 0.29) is 6.04 Å². The minimum Gasteiger partial charge on any atom is -0.480 e. The summed E-state index contributed by atoms with van der Waals surface area (Å²) in [7, 11) is -3.66. The van der Waals surface area contributed by atoms with Gasteiger partial charge in [-0.3, -0.25) is 4.79 Å². The third kappa shape index (κ3) is 4.71. The predicted octanol–water partition coefficient (Wildman–Crippen LogP) is 0.665. The summed E-state index contributed by atoms with van der Waals surface area (Å²) < 4.78 is 25.2. The quantitative estimate of drug-likeness (QED) is 0.764. The number of hydrogen-bond donors (Lipinski definition) is 2. The van der Waals surface area contributed by atoms with E-state index in [0.29, 0.717) is 5.25 Å². The predicted molar refractivity (Wildman–Crippen MR) is 64.1 cm³/mol. The molecule has 0 aliphatic heterocycles. The van der Waals surface area contributed by atoms with Gasteiger partial charge in [0.15, 0.2) is 5.75 Å². The topological polar surface area (TPSA) is 83.5 Å².